The Bertz CT molecular complexity index is 827. The number of H-pyrrole nitrogens is 1. The SMILES string of the molecule is O=C(CC1CCCCC1)c1csc(-c2n[nH]c3ccccc23)c1. The van der Waals surface area contributed by atoms with Crippen molar-refractivity contribution in [1.82, 2.24) is 10.2 Å². The lowest BCUT2D eigenvalue weighted by molar-refractivity contribution is 0.0950. The average Bonchev–Trinajstić information content (AvgIpc) is 3.22. The van der Waals surface area contributed by atoms with E-state index in [1.807, 2.05) is 29.6 Å². The molecule has 1 aliphatic carbocycles. The number of aromatic amines is 1. The van der Waals surface area contributed by atoms with E-state index in [9.17, 15) is 4.79 Å². The summed E-state index contributed by atoms with van der Waals surface area (Å²) in [5.74, 6) is 0.880. The van der Waals surface area contributed by atoms with Gasteiger partial charge >= 0.3 is 0 Å². The summed E-state index contributed by atoms with van der Waals surface area (Å²) < 4.78 is 0. The summed E-state index contributed by atoms with van der Waals surface area (Å²) in [6.45, 7) is 0. The van der Waals surface area contributed by atoms with Gasteiger partial charge in [0, 0.05) is 22.8 Å². The van der Waals surface area contributed by atoms with E-state index in [0.717, 1.165) is 27.0 Å². The van der Waals surface area contributed by atoms with Crippen LogP contribution in [0.25, 0.3) is 21.5 Å². The topological polar surface area (TPSA) is 45.8 Å². The van der Waals surface area contributed by atoms with Gasteiger partial charge in [0.15, 0.2) is 5.78 Å². The Labute approximate surface area is 139 Å². The first-order valence-corrected chi connectivity index (χ1v) is 9.24. The number of benzene rings is 1. The van der Waals surface area contributed by atoms with Crippen molar-refractivity contribution in [2.75, 3.05) is 0 Å². The fourth-order valence-corrected chi connectivity index (χ4v) is 4.44. The monoisotopic (exact) mass is 324 g/mol. The van der Waals surface area contributed by atoms with E-state index < -0.39 is 0 Å². The average molecular weight is 324 g/mol. The molecule has 0 radical (unpaired) electrons. The minimum absolute atomic E-state index is 0.291. The second-order valence-corrected chi connectivity index (χ2v) is 7.36. The molecule has 0 aliphatic heterocycles. The maximum absolute atomic E-state index is 12.5. The van der Waals surface area contributed by atoms with Gasteiger partial charge in [-0.15, -0.1) is 11.3 Å². The highest BCUT2D eigenvalue weighted by molar-refractivity contribution is 7.14. The van der Waals surface area contributed by atoms with Crippen LogP contribution in [0.5, 0.6) is 0 Å². The molecule has 0 amide bonds. The highest BCUT2D eigenvalue weighted by Gasteiger charge is 2.19. The van der Waals surface area contributed by atoms with Crippen LogP contribution in [0.1, 0.15) is 48.9 Å². The van der Waals surface area contributed by atoms with E-state index in [4.69, 9.17) is 0 Å². The minimum Gasteiger partial charge on any atom is -0.294 e. The lowest BCUT2D eigenvalue weighted by Crippen LogP contribution is -2.11. The molecular weight excluding hydrogens is 304 g/mol. The Hall–Kier alpha value is -1.94. The number of hydrogen-bond donors (Lipinski definition) is 1. The molecule has 1 aliphatic rings. The molecule has 1 fully saturated rings. The zero-order valence-corrected chi connectivity index (χ0v) is 13.9. The number of thiophene rings is 1. The lowest BCUT2D eigenvalue weighted by Gasteiger charge is -2.20. The van der Waals surface area contributed by atoms with Crippen molar-refractivity contribution >= 4 is 28.0 Å². The first kappa shape index (κ1) is 14.6. The second-order valence-electron chi connectivity index (χ2n) is 6.45. The molecule has 0 saturated heterocycles. The maximum Gasteiger partial charge on any atom is 0.164 e. The summed E-state index contributed by atoms with van der Waals surface area (Å²) in [5.41, 5.74) is 2.83. The van der Waals surface area contributed by atoms with E-state index in [1.54, 1.807) is 11.3 Å². The van der Waals surface area contributed by atoms with Crippen LogP contribution in [0.2, 0.25) is 0 Å². The number of fused-ring (bicyclic) bond motifs is 1. The predicted molar refractivity (Wildman–Crippen MR) is 94.9 cm³/mol. The van der Waals surface area contributed by atoms with Crippen molar-refractivity contribution in [3.8, 4) is 10.6 Å². The molecule has 0 bridgehead atoms. The van der Waals surface area contributed by atoms with Crippen molar-refractivity contribution in [2.24, 2.45) is 5.92 Å². The summed E-state index contributed by atoms with van der Waals surface area (Å²) in [6.07, 6.45) is 7.04. The highest BCUT2D eigenvalue weighted by atomic mass is 32.1. The molecule has 0 unspecified atom stereocenters. The Morgan fingerprint density at radius 2 is 2.04 bits per heavy atom. The van der Waals surface area contributed by atoms with Crippen molar-refractivity contribution in [3.63, 3.8) is 0 Å². The van der Waals surface area contributed by atoms with Crippen molar-refractivity contribution < 1.29 is 4.79 Å². The van der Waals surface area contributed by atoms with Gasteiger partial charge in [0.1, 0.15) is 5.69 Å². The summed E-state index contributed by atoms with van der Waals surface area (Å²) >= 11 is 1.61. The molecule has 1 saturated carbocycles. The van der Waals surface area contributed by atoms with Crippen LogP contribution >= 0.6 is 11.3 Å². The first-order valence-electron chi connectivity index (χ1n) is 8.36. The number of nitrogens with zero attached hydrogens (tertiary/aromatic N) is 1. The van der Waals surface area contributed by atoms with Crippen LogP contribution in [0.15, 0.2) is 35.7 Å². The Morgan fingerprint density at radius 1 is 1.22 bits per heavy atom. The van der Waals surface area contributed by atoms with Crippen molar-refractivity contribution in [2.45, 2.75) is 38.5 Å². The van der Waals surface area contributed by atoms with Gasteiger partial charge in [-0.25, -0.2) is 0 Å². The van der Waals surface area contributed by atoms with Crippen LogP contribution in [0.3, 0.4) is 0 Å². The van der Waals surface area contributed by atoms with E-state index in [2.05, 4.69) is 16.3 Å². The van der Waals surface area contributed by atoms with Crippen LogP contribution in [0.4, 0.5) is 0 Å². The van der Waals surface area contributed by atoms with E-state index >= 15 is 0 Å². The number of aromatic nitrogens is 2. The van der Waals surface area contributed by atoms with Crippen LogP contribution in [-0.2, 0) is 0 Å². The quantitative estimate of drug-likeness (QED) is 0.649. The molecule has 23 heavy (non-hydrogen) atoms. The molecule has 3 nitrogen and oxygen atoms in total. The van der Waals surface area contributed by atoms with Gasteiger partial charge in [-0.3, -0.25) is 9.89 Å². The molecule has 0 atom stereocenters. The number of Topliss-reactive ketones (excluding diaryl/α,β-unsaturated/α-hetero) is 1. The number of hydrogen-bond acceptors (Lipinski definition) is 3. The van der Waals surface area contributed by atoms with E-state index in [1.165, 1.54) is 32.1 Å². The summed E-state index contributed by atoms with van der Waals surface area (Å²) in [4.78, 5) is 13.6. The normalized spacial score (nSPS) is 16.0. The number of nitrogens with one attached hydrogen (secondary N) is 1. The van der Waals surface area contributed by atoms with Crippen molar-refractivity contribution in [3.05, 3.63) is 41.3 Å². The van der Waals surface area contributed by atoms with Crippen LogP contribution in [-0.4, -0.2) is 16.0 Å². The third-order valence-corrected chi connectivity index (χ3v) is 5.76. The zero-order chi connectivity index (χ0) is 15.6. The fourth-order valence-electron chi connectivity index (χ4n) is 3.53. The van der Waals surface area contributed by atoms with Gasteiger partial charge in [0.05, 0.1) is 10.4 Å². The third kappa shape index (κ3) is 2.95. The molecule has 1 aromatic carbocycles. The maximum atomic E-state index is 12.5. The molecule has 3 aromatic rings. The van der Waals surface area contributed by atoms with Gasteiger partial charge in [-0.2, -0.15) is 5.10 Å². The molecular formula is C19H20N2OS. The molecule has 4 rings (SSSR count). The number of ketones is 1. The Balaban J connectivity index is 1.55. The molecule has 118 valence electrons. The molecule has 2 heterocycles. The summed E-state index contributed by atoms with van der Waals surface area (Å²) in [7, 11) is 0. The van der Waals surface area contributed by atoms with E-state index in [-0.39, 0.29) is 0 Å². The van der Waals surface area contributed by atoms with Gasteiger partial charge in [0.25, 0.3) is 0 Å². The molecule has 0 spiro atoms. The number of carbonyl (C=O) groups excluding carboxylic acids is 1. The van der Waals surface area contributed by atoms with Gasteiger partial charge < -0.3 is 0 Å². The smallest absolute Gasteiger partial charge is 0.164 e. The number of carbonyl (C=O) groups is 1. The molecule has 1 N–H and O–H groups in total. The predicted octanol–water partition coefficient (Wildman–Crippen LogP) is 5.44. The third-order valence-electron chi connectivity index (χ3n) is 4.82. The van der Waals surface area contributed by atoms with E-state index in [0.29, 0.717) is 18.1 Å². The standard InChI is InChI=1S/C19H20N2OS/c22-17(10-13-6-2-1-3-7-13)14-11-18(23-12-14)19-15-8-4-5-9-16(15)20-21-19/h4-5,8-9,11-13H,1-3,6-7,10H2,(H,20,21). The summed E-state index contributed by atoms with van der Waals surface area (Å²) in [6, 6.07) is 10.1. The minimum atomic E-state index is 0.291. The number of rotatable bonds is 4. The Morgan fingerprint density at radius 3 is 2.91 bits per heavy atom. The van der Waals surface area contributed by atoms with Crippen molar-refractivity contribution in [1.29, 1.82) is 0 Å². The second kappa shape index (κ2) is 6.28. The lowest BCUT2D eigenvalue weighted by atomic mass is 9.85. The first-order chi connectivity index (χ1) is 11.3. The van der Waals surface area contributed by atoms with Gasteiger partial charge in [-0.1, -0.05) is 50.3 Å². The van der Waals surface area contributed by atoms with Gasteiger partial charge in [0.2, 0.25) is 0 Å². The molecule has 4 heteroatoms. The summed E-state index contributed by atoms with van der Waals surface area (Å²) in [5, 5.41) is 10.6. The van der Waals surface area contributed by atoms with Gasteiger partial charge in [-0.05, 0) is 18.1 Å². The highest BCUT2D eigenvalue weighted by Crippen LogP contribution is 2.33. The van der Waals surface area contributed by atoms with Crippen LogP contribution in [0, 0.1) is 5.92 Å². The van der Waals surface area contributed by atoms with Crippen LogP contribution < -0.4 is 0 Å². The largest absolute Gasteiger partial charge is 0.294 e. The fraction of sp³-hybridized carbons (Fsp3) is 0.368. The molecule has 2 aromatic heterocycles. The Kier molecular flexibility index (Phi) is 4.00. The zero-order valence-electron chi connectivity index (χ0n) is 13.0. The number of para-hydroxylation sites is 1.